The molecule has 0 heterocycles. The molecule has 0 unspecified atom stereocenters. The van der Waals surface area contributed by atoms with Gasteiger partial charge < -0.3 is 9.47 Å². The molecule has 0 aliphatic heterocycles. The van der Waals surface area contributed by atoms with E-state index in [1.807, 2.05) is 0 Å². The number of halogens is 2. The average Bonchev–Trinajstić information content (AvgIpc) is 2.66. The van der Waals surface area contributed by atoms with E-state index >= 15 is 0 Å². The molecule has 28 heavy (non-hydrogen) atoms. The standard InChI is InChI=1S/C17H14Cl2N2O7/c1-8-12(18)3-4-13(15(8)19)28-10-5-9(6-14(22)27-2)16(21(25)26)11(7-10)17(23)20-24/h3-5,7,24H,6H2,1-2H3,(H,20,23). The summed E-state index contributed by atoms with van der Waals surface area (Å²) in [6.07, 6.45) is -0.497. The molecule has 0 spiro atoms. The van der Waals surface area contributed by atoms with E-state index in [-0.39, 0.29) is 22.1 Å². The lowest BCUT2D eigenvalue weighted by Crippen LogP contribution is -2.21. The Labute approximate surface area is 168 Å². The van der Waals surface area contributed by atoms with Crippen molar-refractivity contribution in [3.8, 4) is 11.5 Å². The summed E-state index contributed by atoms with van der Waals surface area (Å²) in [5.41, 5.74) is 0.562. The van der Waals surface area contributed by atoms with Gasteiger partial charge in [-0.1, -0.05) is 23.2 Å². The second-order valence-electron chi connectivity index (χ2n) is 5.52. The summed E-state index contributed by atoms with van der Waals surface area (Å²) in [4.78, 5) is 34.2. The molecule has 0 saturated heterocycles. The molecule has 0 aliphatic carbocycles. The number of nitrogens with one attached hydrogen (secondary N) is 1. The van der Waals surface area contributed by atoms with Gasteiger partial charge in [0.05, 0.1) is 23.5 Å². The molecule has 0 fully saturated rings. The number of carbonyl (C=O) groups excluding carboxylic acids is 2. The number of nitrogens with zero attached hydrogens (tertiary/aromatic N) is 1. The quantitative estimate of drug-likeness (QED) is 0.309. The molecule has 1 amide bonds. The van der Waals surface area contributed by atoms with Gasteiger partial charge in [-0.2, -0.15) is 0 Å². The third-order valence-electron chi connectivity index (χ3n) is 3.77. The van der Waals surface area contributed by atoms with E-state index < -0.39 is 34.5 Å². The first-order valence-corrected chi connectivity index (χ1v) is 8.40. The molecule has 148 valence electrons. The SMILES string of the molecule is COC(=O)Cc1cc(Oc2ccc(Cl)c(C)c2Cl)cc(C(=O)NO)c1[N+](=O)[O-]. The molecule has 2 aromatic rings. The maximum atomic E-state index is 11.9. The average molecular weight is 429 g/mol. The van der Waals surface area contributed by atoms with Crippen LogP contribution in [0.25, 0.3) is 0 Å². The number of esters is 1. The maximum absolute atomic E-state index is 11.9. The number of carbonyl (C=O) groups is 2. The summed E-state index contributed by atoms with van der Waals surface area (Å²) in [5.74, 6) is -1.76. The fourth-order valence-corrected chi connectivity index (χ4v) is 2.79. The summed E-state index contributed by atoms with van der Waals surface area (Å²) in [5, 5.41) is 21.0. The number of ether oxygens (including phenoxy) is 2. The van der Waals surface area contributed by atoms with Crippen molar-refractivity contribution in [1.29, 1.82) is 0 Å². The number of hydroxylamine groups is 1. The number of hydrogen-bond acceptors (Lipinski definition) is 7. The van der Waals surface area contributed by atoms with Gasteiger partial charge >= 0.3 is 5.97 Å². The van der Waals surface area contributed by atoms with Gasteiger partial charge in [0.1, 0.15) is 17.1 Å². The largest absolute Gasteiger partial charge is 0.469 e. The fourth-order valence-electron chi connectivity index (χ4n) is 2.38. The van der Waals surface area contributed by atoms with Crippen LogP contribution in [0.2, 0.25) is 10.0 Å². The Morgan fingerprint density at radius 3 is 2.54 bits per heavy atom. The van der Waals surface area contributed by atoms with Crippen LogP contribution in [0, 0.1) is 17.0 Å². The van der Waals surface area contributed by atoms with E-state index in [4.69, 9.17) is 33.1 Å². The number of rotatable bonds is 6. The third kappa shape index (κ3) is 4.50. The topological polar surface area (TPSA) is 128 Å². The molecule has 11 heteroatoms. The molecule has 2 aromatic carbocycles. The van der Waals surface area contributed by atoms with Gasteiger partial charge in [0.2, 0.25) is 0 Å². The lowest BCUT2D eigenvalue weighted by atomic mass is 10.0. The summed E-state index contributed by atoms with van der Waals surface area (Å²) >= 11 is 12.2. The van der Waals surface area contributed by atoms with Crippen LogP contribution in [-0.4, -0.2) is 29.1 Å². The first-order chi connectivity index (χ1) is 13.2. The predicted octanol–water partition coefficient (Wildman–Crippen LogP) is 3.84. The number of benzene rings is 2. The van der Waals surface area contributed by atoms with Crippen LogP contribution in [0.3, 0.4) is 0 Å². The number of nitro groups is 1. The number of methoxy groups -OCH3 is 1. The van der Waals surface area contributed by atoms with Crippen LogP contribution in [0.4, 0.5) is 5.69 Å². The van der Waals surface area contributed by atoms with Crippen LogP contribution >= 0.6 is 23.2 Å². The highest BCUT2D eigenvalue weighted by Crippen LogP contribution is 2.37. The Kier molecular flexibility index (Phi) is 6.79. The number of hydrogen-bond donors (Lipinski definition) is 2. The van der Waals surface area contributed by atoms with Crippen molar-refractivity contribution in [3.63, 3.8) is 0 Å². The van der Waals surface area contributed by atoms with Crippen LogP contribution in [0.5, 0.6) is 11.5 Å². The first-order valence-electron chi connectivity index (χ1n) is 7.64. The van der Waals surface area contributed by atoms with Gasteiger partial charge in [0.15, 0.2) is 0 Å². The zero-order valence-corrected chi connectivity index (χ0v) is 16.1. The van der Waals surface area contributed by atoms with Crippen LogP contribution in [0.15, 0.2) is 24.3 Å². The molecule has 2 N–H and O–H groups in total. The van der Waals surface area contributed by atoms with E-state index in [2.05, 4.69) is 4.74 Å². The van der Waals surface area contributed by atoms with Crippen LogP contribution < -0.4 is 10.2 Å². The minimum absolute atomic E-state index is 0.0216. The second-order valence-corrected chi connectivity index (χ2v) is 6.30. The lowest BCUT2D eigenvalue weighted by molar-refractivity contribution is -0.385. The molecule has 0 saturated carbocycles. The van der Waals surface area contributed by atoms with E-state index in [1.165, 1.54) is 17.6 Å². The highest BCUT2D eigenvalue weighted by molar-refractivity contribution is 6.36. The molecule has 2 rings (SSSR count). The highest BCUT2D eigenvalue weighted by atomic mass is 35.5. The molecule has 0 bridgehead atoms. The van der Waals surface area contributed by atoms with Crippen molar-refractivity contribution in [2.45, 2.75) is 13.3 Å². The van der Waals surface area contributed by atoms with Crippen molar-refractivity contribution in [1.82, 2.24) is 5.48 Å². The fraction of sp³-hybridized carbons (Fsp3) is 0.176. The van der Waals surface area contributed by atoms with Gasteiger partial charge in [-0.25, -0.2) is 5.48 Å². The predicted molar refractivity (Wildman–Crippen MR) is 99.3 cm³/mol. The van der Waals surface area contributed by atoms with Gasteiger partial charge in [0.25, 0.3) is 11.6 Å². The normalized spacial score (nSPS) is 10.3. The Hall–Kier alpha value is -2.88. The monoisotopic (exact) mass is 428 g/mol. The second kappa shape index (κ2) is 8.87. The molecule has 0 aromatic heterocycles. The molecule has 0 atom stereocenters. The van der Waals surface area contributed by atoms with E-state index in [9.17, 15) is 19.7 Å². The molecule has 0 radical (unpaired) electrons. The zero-order valence-electron chi connectivity index (χ0n) is 14.6. The van der Waals surface area contributed by atoms with Gasteiger partial charge in [-0.05, 0) is 30.7 Å². The van der Waals surface area contributed by atoms with Crippen molar-refractivity contribution in [3.05, 3.63) is 61.1 Å². The van der Waals surface area contributed by atoms with Crippen molar-refractivity contribution >= 4 is 40.8 Å². The van der Waals surface area contributed by atoms with Gasteiger partial charge in [0, 0.05) is 16.7 Å². The van der Waals surface area contributed by atoms with Gasteiger partial charge in [-0.15, -0.1) is 0 Å². The summed E-state index contributed by atoms with van der Waals surface area (Å²) in [6, 6.07) is 5.28. The molecular weight excluding hydrogens is 415 g/mol. The first kappa shape index (κ1) is 21.4. The smallest absolute Gasteiger partial charge is 0.310 e. The number of nitro benzene ring substituents is 1. The van der Waals surface area contributed by atoms with Crippen LogP contribution in [-0.2, 0) is 16.0 Å². The summed E-state index contributed by atoms with van der Waals surface area (Å²) in [7, 11) is 1.12. The van der Waals surface area contributed by atoms with E-state index in [1.54, 1.807) is 13.0 Å². The van der Waals surface area contributed by atoms with Crippen molar-refractivity contribution < 1.29 is 29.2 Å². The molecule has 0 aliphatic rings. The Balaban J connectivity index is 2.63. The maximum Gasteiger partial charge on any atom is 0.310 e. The lowest BCUT2D eigenvalue weighted by Gasteiger charge is -2.13. The number of amides is 1. The Bertz CT molecular complexity index is 963. The minimum atomic E-state index is -1.15. The zero-order chi connectivity index (χ0) is 21.0. The molecular formula is C17H14Cl2N2O7. The van der Waals surface area contributed by atoms with Crippen LogP contribution in [0.1, 0.15) is 21.5 Å². The molecule has 9 nitrogen and oxygen atoms in total. The highest BCUT2D eigenvalue weighted by Gasteiger charge is 2.28. The van der Waals surface area contributed by atoms with Crippen molar-refractivity contribution in [2.75, 3.05) is 7.11 Å². The van der Waals surface area contributed by atoms with Crippen molar-refractivity contribution in [2.24, 2.45) is 0 Å². The minimum Gasteiger partial charge on any atom is -0.469 e. The third-order valence-corrected chi connectivity index (χ3v) is 4.65. The summed E-state index contributed by atoms with van der Waals surface area (Å²) < 4.78 is 10.2. The summed E-state index contributed by atoms with van der Waals surface area (Å²) in [6.45, 7) is 1.67. The van der Waals surface area contributed by atoms with Gasteiger partial charge in [-0.3, -0.25) is 24.9 Å². The Morgan fingerprint density at radius 1 is 1.29 bits per heavy atom. The van der Waals surface area contributed by atoms with E-state index in [0.717, 1.165) is 13.2 Å². The van der Waals surface area contributed by atoms with E-state index in [0.29, 0.717) is 10.6 Å². The Morgan fingerprint density at radius 2 is 1.96 bits per heavy atom.